The molecule has 1 unspecified atom stereocenters. The summed E-state index contributed by atoms with van der Waals surface area (Å²) in [4.78, 5) is 0. The third-order valence-corrected chi connectivity index (χ3v) is 2.14. The molecular formula is C11H13ClFN. The zero-order valence-electron chi connectivity index (χ0n) is 8.22. The molecule has 1 rings (SSSR count). The molecule has 0 saturated heterocycles. The Morgan fingerprint density at radius 1 is 1.43 bits per heavy atom. The zero-order valence-corrected chi connectivity index (χ0v) is 8.98. The molecule has 76 valence electrons. The SMILES string of the molecule is CNC(C)/C=C/c1cc(F)cc(Cl)c1. The van der Waals surface area contributed by atoms with Gasteiger partial charge in [-0.15, -0.1) is 0 Å². The van der Waals surface area contributed by atoms with E-state index in [2.05, 4.69) is 5.32 Å². The van der Waals surface area contributed by atoms with Crippen LogP contribution in [0.3, 0.4) is 0 Å². The quantitative estimate of drug-likeness (QED) is 0.814. The molecule has 0 amide bonds. The second-order valence-corrected chi connectivity index (χ2v) is 3.58. The van der Waals surface area contributed by atoms with E-state index in [0.717, 1.165) is 5.56 Å². The van der Waals surface area contributed by atoms with Crippen LogP contribution in [0.1, 0.15) is 12.5 Å². The third-order valence-electron chi connectivity index (χ3n) is 1.92. The van der Waals surface area contributed by atoms with Crippen LogP contribution in [0.5, 0.6) is 0 Å². The Bertz CT molecular complexity index is 316. The van der Waals surface area contributed by atoms with Crippen LogP contribution in [0.2, 0.25) is 5.02 Å². The van der Waals surface area contributed by atoms with Gasteiger partial charge in [-0.25, -0.2) is 4.39 Å². The van der Waals surface area contributed by atoms with Crippen LogP contribution >= 0.6 is 11.6 Å². The smallest absolute Gasteiger partial charge is 0.125 e. The van der Waals surface area contributed by atoms with E-state index >= 15 is 0 Å². The van der Waals surface area contributed by atoms with E-state index in [1.54, 1.807) is 6.07 Å². The average Bonchev–Trinajstić information content (AvgIpc) is 2.12. The van der Waals surface area contributed by atoms with Crippen LogP contribution in [0.4, 0.5) is 4.39 Å². The average molecular weight is 214 g/mol. The first kappa shape index (κ1) is 11.2. The fourth-order valence-electron chi connectivity index (χ4n) is 1.02. The maximum absolute atomic E-state index is 12.9. The van der Waals surface area contributed by atoms with Crippen molar-refractivity contribution in [3.05, 3.63) is 40.7 Å². The lowest BCUT2D eigenvalue weighted by Crippen LogP contribution is -2.17. The van der Waals surface area contributed by atoms with E-state index in [0.29, 0.717) is 5.02 Å². The maximum atomic E-state index is 12.9. The van der Waals surface area contributed by atoms with E-state index in [9.17, 15) is 4.39 Å². The van der Waals surface area contributed by atoms with Crippen molar-refractivity contribution in [2.24, 2.45) is 0 Å². The second kappa shape index (κ2) is 5.13. The van der Waals surface area contributed by atoms with Gasteiger partial charge in [0.25, 0.3) is 0 Å². The molecule has 1 nitrogen and oxygen atoms in total. The minimum atomic E-state index is -0.311. The van der Waals surface area contributed by atoms with Crippen LogP contribution in [-0.2, 0) is 0 Å². The molecule has 0 aromatic heterocycles. The summed E-state index contributed by atoms with van der Waals surface area (Å²) in [5, 5.41) is 3.47. The number of rotatable bonds is 3. The first-order chi connectivity index (χ1) is 6.61. The minimum absolute atomic E-state index is 0.261. The number of nitrogens with one attached hydrogen (secondary N) is 1. The highest BCUT2D eigenvalue weighted by molar-refractivity contribution is 6.30. The Kier molecular flexibility index (Phi) is 4.11. The van der Waals surface area contributed by atoms with Gasteiger partial charge in [-0.3, -0.25) is 0 Å². The number of likely N-dealkylation sites (N-methyl/N-ethyl adjacent to an activating group) is 1. The molecule has 1 aromatic carbocycles. The van der Waals surface area contributed by atoms with E-state index in [1.807, 2.05) is 26.1 Å². The molecule has 0 spiro atoms. The summed E-state index contributed by atoms with van der Waals surface area (Å²) in [6.07, 6.45) is 3.79. The number of hydrogen-bond donors (Lipinski definition) is 1. The largest absolute Gasteiger partial charge is 0.314 e. The Labute approximate surface area is 88.6 Å². The standard InChI is InChI=1S/C11H13ClFN/c1-8(14-2)3-4-9-5-10(12)7-11(13)6-9/h3-8,14H,1-2H3/b4-3+. The minimum Gasteiger partial charge on any atom is -0.314 e. The molecule has 0 bridgehead atoms. The fourth-order valence-corrected chi connectivity index (χ4v) is 1.25. The van der Waals surface area contributed by atoms with Crippen molar-refractivity contribution >= 4 is 17.7 Å². The second-order valence-electron chi connectivity index (χ2n) is 3.14. The summed E-state index contributed by atoms with van der Waals surface area (Å²) in [6, 6.07) is 4.73. The van der Waals surface area contributed by atoms with Crippen molar-refractivity contribution in [1.29, 1.82) is 0 Å². The summed E-state index contributed by atoms with van der Waals surface area (Å²) < 4.78 is 12.9. The van der Waals surface area contributed by atoms with E-state index in [-0.39, 0.29) is 11.9 Å². The highest BCUT2D eigenvalue weighted by Gasteiger charge is 1.96. The molecule has 1 aromatic rings. The Morgan fingerprint density at radius 3 is 2.71 bits per heavy atom. The molecule has 1 atom stereocenters. The Balaban J connectivity index is 2.81. The molecule has 0 heterocycles. The van der Waals surface area contributed by atoms with Gasteiger partial charge < -0.3 is 5.32 Å². The van der Waals surface area contributed by atoms with Gasteiger partial charge in [0, 0.05) is 11.1 Å². The van der Waals surface area contributed by atoms with Crippen LogP contribution in [0, 0.1) is 5.82 Å². The Morgan fingerprint density at radius 2 is 2.14 bits per heavy atom. The van der Waals surface area contributed by atoms with Crippen molar-refractivity contribution < 1.29 is 4.39 Å². The zero-order chi connectivity index (χ0) is 10.6. The maximum Gasteiger partial charge on any atom is 0.125 e. The van der Waals surface area contributed by atoms with Gasteiger partial charge in [0.15, 0.2) is 0 Å². The molecule has 14 heavy (non-hydrogen) atoms. The summed E-state index contributed by atoms with van der Waals surface area (Å²) in [6.45, 7) is 2.01. The molecular weight excluding hydrogens is 201 g/mol. The highest BCUT2D eigenvalue weighted by Crippen LogP contribution is 2.15. The van der Waals surface area contributed by atoms with Crippen LogP contribution in [0.15, 0.2) is 24.3 Å². The number of halogens is 2. The van der Waals surface area contributed by atoms with Crippen molar-refractivity contribution in [2.75, 3.05) is 7.05 Å². The number of hydrogen-bond acceptors (Lipinski definition) is 1. The van der Waals surface area contributed by atoms with Crippen LogP contribution in [-0.4, -0.2) is 13.1 Å². The van der Waals surface area contributed by atoms with Gasteiger partial charge in [0.05, 0.1) is 0 Å². The van der Waals surface area contributed by atoms with E-state index in [1.165, 1.54) is 12.1 Å². The first-order valence-electron chi connectivity index (χ1n) is 4.43. The lowest BCUT2D eigenvalue weighted by molar-refractivity contribution is 0.627. The molecule has 0 radical (unpaired) electrons. The lowest BCUT2D eigenvalue weighted by atomic mass is 10.2. The molecule has 0 saturated carbocycles. The van der Waals surface area contributed by atoms with Crippen molar-refractivity contribution in [3.63, 3.8) is 0 Å². The highest BCUT2D eigenvalue weighted by atomic mass is 35.5. The Hall–Kier alpha value is -0.860. The van der Waals surface area contributed by atoms with Gasteiger partial charge in [-0.2, -0.15) is 0 Å². The first-order valence-corrected chi connectivity index (χ1v) is 4.81. The van der Waals surface area contributed by atoms with E-state index < -0.39 is 0 Å². The monoisotopic (exact) mass is 213 g/mol. The van der Waals surface area contributed by atoms with E-state index in [4.69, 9.17) is 11.6 Å². The van der Waals surface area contributed by atoms with Gasteiger partial charge in [0.2, 0.25) is 0 Å². The number of benzene rings is 1. The summed E-state index contributed by atoms with van der Waals surface area (Å²) in [5.41, 5.74) is 0.775. The fraction of sp³-hybridized carbons (Fsp3) is 0.273. The van der Waals surface area contributed by atoms with Gasteiger partial charge in [-0.05, 0) is 37.7 Å². The predicted octanol–water partition coefficient (Wildman–Crippen LogP) is 3.10. The summed E-state index contributed by atoms with van der Waals surface area (Å²) >= 11 is 5.71. The normalized spacial score (nSPS) is 13.4. The third kappa shape index (κ3) is 3.48. The molecule has 3 heteroatoms. The lowest BCUT2D eigenvalue weighted by Gasteiger charge is -2.02. The summed E-state index contributed by atoms with van der Waals surface area (Å²) in [7, 11) is 1.87. The van der Waals surface area contributed by atoms with Gasteiger partial charge in [0.1, 0.15) is 5.82 Å². The molecule has 1 N–H and O–H groups in total. The topological polar surface area (TPSA) is 12.0 Å². The van der Waals surface area contributed by atoms with Gasteiger partial charge >= 0.3 is 0 Å². The predicted molar refractivity (Wildman–Crippen MR) is 59.0 cm³/mol. The van der Waals surface area contributed by atoms with Crippen LogP contribution < -0.4 is 5.32 Å². The molecule has 0 aliphatic rings. The van der Waals surface area contributed by atoms with Crippen LogP contribution in [0.25, 0.3) is 6.08 Å². The molecule has 0 aliphatic carbocycles. The molecule has 0 fully saturated rings. The van der Waals surface area contributed by atoms with Crippen molar-refractivity contribution in [3.8, 4) is 0 Å². The van der Waals surface area contributed by atoms with Gasteiger partial charge in [-0.1, -0.05) is 23.8 Å². The summed E-state index contributed by atoms with van der Waals surface area (Å²) in [5.74, 6) is -0.311. The molecule has 0 aliphatic heterocycles. The van der Waals surface area contributed by atoms with Crippen molar-refractivity contribution in [1.82, 2.24) is 5.32 Å². The van der Waals surface area contributed by atoms with Crippen molar-refractivity contribution in [2.45, 2.75) is 13.0 Å².